The Morgan fingerprint density at radius 1 is 1.32 bits per heavy atom. The van der Waals surface area contributed by atoms with Crippen LogP contribution in [0.5, 0.6) is 11.5 Å². The highest BCUT2D eigenvalue weighted by Gasteiger charge is 2.34. The van der Waals surface area contributed by atoms with Crippen LogP contribution in [0.25, 0.3) is 0 Å². The standard InChI is InChI=1S/C17H17N3O4S/c1-9-13(24-12-7-3-2-6-11(12)23-9)15(21)20-17-19-10-5-4-8-18-16(22)14(10)25-17/h2-3,6-7,9,13H,4-5,8H2,1H3,(H,18,22)(H,19,20,21)/t9-,13-/m0/s1. The van der Waals surface area contributed by atoms with Gasteiger partial charge in [-0.1, -0.05) is 23.5 Å². The number of thiazole rings is 1. The van der Waals surface area contributed by atoms with E-state index in [1.165, 1.54) is 11.3 Å². The van der Waals surface area contributed by atoms with Gasteiger partial charge in [-0.2, -0.15) is 0 Å². The molecule has 4 rings (SSSR count). The number of carbonyl (C=O) groups is 2. The van der Waals surface area contributed by atoms with Crippen LogP contribution in [0, 0.1) is 0 Å². The van der Waals surface area contributed by atoms with Gasteiger partial charge in [-0.3, -0.25) is 14.9 Å². The summed E-state index contributed by atoms with van der Waals surface area (Å²) in [6.07, 6.45) is 0.333. The molecular formula is C17H17N3O4S. The summed E-state index contributed by atoms with van der Waals surface area (Å²) in [6, 6.07) is 7.24. The highest BCUT2D eigenvalue weighted by Crippen LogP contribution is 2.34. The summed E-state index contributed by atoms with van der Waals surface area (Å²) in [5.41, 5.74) is 0.731. The molecule has 7 nitrogen and oxygen atoms in total. The average molecular weight is 359 g/mol. The maximum absolute atomic E-state index is 12.6. The number of para-hydroxylation sites is 2. The van der Waals surface area contributed by atoms with Crippen LogP contribution >= 0.6 is 11.3 Å². The number of aryl methyl sites for hydroxylation is 1. The first kappa shape index (κ1) is 15.9. The van der Waals surface area contributed by atoms with Gasteiger partial charge in [0.15, 0.2) is 16.6 Å². The zero-order chi connectivity index (χ0) is 17.4. The SMILES string of the molecule is C[C@@H]1Oc2ccccc2O[C@@H]1C(=O)Nc1nc2c(s1)C(=O)NCCC2. The minimum atomic E-state index is -0.785. The lowest BCUT2D eigenvalue weighted by Gasteiger charge is -2.30. The van der Waals surface area contributed by atoms with Gasteiger partial charge in [0.05, 0.1) is 5.69 Å². The van der Waals surface area contributed by atoms with E-state index in [1.807, 2.05) is 12.1 Å². The second-order valence-electron chi connectivity index (χ2n) is 5.95. The van der Waals surface area contributed by atoms with Crippen molar-refractivity contribution in [1.82, 2.24) is 10.3 Å². The van der Waals surface area contributed by atoms with Crippen LogP contribution in [-0.2, 0) is 11.2 Å². The Bertz CT molecular complexity index is 835. The zero-order valence-electron chi connectivity index (χ0n) is 13.6. The van der Waals surface area contributed by atoms with Gasteiger partial charge in [0.1, 0.15) is 11.0 Å². The van der Waals surface area contributed by atoms with Crippen LogP contribution in [0.15, 0.2) is 24.3 Å². The molecule has 8 heteroatoms. The van der Waals surface area contributed by atoms with E-state index < -0.39 is 12.2 Å². The molecule has 2 atom stereocenters. The first-order valence-electron chi connectivity index (χ1n) is 8.13. The molecule has 2 N–H and O–H groups in total. The molecule has 0 bridgehead atoms. The first-order chi connectivity index (χ1) is 12.1. The Morgan fingerprint density at radius 3 is 2.88 bits per heavy atom. The molecule has 2 aliphatic rings. The largest absolute Gasteiger partial charge is 0.482 e. The highest BCUT2D eigenvalue weighted by molar-refractivity contribution is 7.17. The van der Waals surface area contributed by atoms with E-state index in [-0.39, 0.29) is 11.8 Å². The van der Waals surface area contributed by atoms with Crippen LogP contribution in [0.4, 0.5) is 5.13 Å². The average Bonchev–Trinajstić information content (AvgIpc) is 2.92. The normalized spacial score (nSPS) is 21.7. The molecule has 2 aromatic rings. The lowest BCUT2D eigenvalue weighted by atomic mass is 10.1. The molecular weight excluding hydrogens is 342 g/mol. The quantitative estimate of drug-likeness (QED) is 0.856. The van der Waals surface area contributed by atoms with Gasteiger partial charge < -0.3 is 14.8 Å². The van der Waals surface area contributed by atoms with Crippen molar-refractivity contribution >= 4 is 28.3 Å². The van der Waals surface area contributed by atoms with Gasteiger partial charge in [0.2, 0.25) is 6.10 Å². The molecule has 0 spiro atoms. The van der Waals surface area contributed by atoms with Gasteiger partial charge in [0.25, 0.3) is 11.8 Å². The lowest BCUT2D eigenvalue weighted by molar-refractivity contribution is -0.128. The fraction of sp³-hybridized carbons (Fsp3) is 0.353. The van der Waals surface area contributed by atoms with Crippen molar-refractivity contribution in [2.45, 2.75) is 32.0 Å². The summed E-state index contributed by atoms with van der Waals surface area (Å²) in [6.45, 7) is 2.43. The molecule has 0 saturated heterocycles. The number of nitrogens with one attached hydrogen (secondary N) is 2. The van der Waals surface area contributed by atoms with E-state index in [0.717, 1.165) is 12.1 Å². The Labute approximate surface area is 148 Å². The number of anilines is 1. The molecule has 0 aliphatic carbocycles. The number of fused-ring (bicyclic) bond motifs is 2. The maximum Gasteiger partial charge on any atom is 0.271 e. The second kappa shape index (κ2) is 6.36. The Kier molecular flexibility index (Phi) is 4.04. The van der Waals surface area contributed by atoms with Crippen molar-refractivity contribution in [3.8, 4) is 11.5 Å². The van der Waals surface area contributed by atoms with Gasteiger partial charge in [-0.15, -0.1) is 0 Å². The van der Waals surface area contributed by atoms with E-state index in [2.05, 4.69) is 15.6 Å². The maximum atomic E-state index is 12.6. The molecule has 0 unspecified atom stereocenters. The van der Waals surface area contributed by atoms with Crippen molar-refractivity contribution in [1.29, 1.82) is 0 Å². The molecule has 2 amide bonds. The van der Waals surface area contributed by atoms with Gasteiger partial charge in [-0.25, -0.2) is 4.98 Å². The van der Waals surface area contributed by atoms with Crippen molar-refractivity contribution < 1.29 is 19.1 Å². The molecule has 130 valence electrons. The summed E-state index contributed by atoms with van der Waals surface area (Å²) in [5.74, 6) is 0.683. The van der Waals surface area contributed by atoms with Gasteiger partial charge >= 0.3 is 0 Å². The molecule has 25 heavy (non-hydrogen) atoms. The summed E-state index contributed by atoms with van der Waals surface area (Å²) in [4.78, 5) is 29.6. The van der Waals surface area contributed by atoms with Gasteiger partial charge in [-0.05, 0) is 31.9 Å². The third-order valence-corrected chi connectivity index (χ3v) is 5.12. The van der Waals surface area contributed by atoms with Crippen molar-refractivity contribution in [2.75, 3.05) is 11.9 Å². The van der Waals surface area contributed by atoms with Crippen LogP contribution in [0.3, 0.4) is 0 Å². The van der Waals surface area contributed by atoms with E-state index in [4.69, 9.17) is 9.47 Å². The number of hydrogen-bond acceptors (Lipinski definition) is 6. The molecule has 0 saturated carbocycles. The van der Waals surface area contributed by atoms with Crippen molar-refractivity contribution in [2.24, 2.45) is 0 Å². The van der Waals surface area contributed by atoms with E-state index in [9.17, 15) is 9.59 Å². The highest BCUT2D eigenvalue weighted by atomic mass is 32.1. The fourth-order valence-electron chi connectivity index (χ4n) is 2.87. The van der Waals surface area contributed by atoms with E-state index in [1.54, 1.807) is 19.1 Å². The Hall–Kier alpha value is -2.61. The van der Waals surface area contributed by atoms with Crippen molar-refractivity contribution in [3.05, 3.63) is 34.8 Å². The topological polar surface area (TPSA) is 89.6 Å². The number of hydrogen-bond donors (Lipinski definition) is 2. The number of carbonyl (C=O) groups excluding carboxylic acids is 2. The fourth-order valence-corrected chi connectivity index (χ4v) is 3.80. The molecule has 3 heterocycles. The summed E-state index contributed by atoms with van der Waals surface area (Å²) in [5, 5.41) is 5.98. The molecule has 0 fully saturated rings. The molecule has 1 aromatic heterocycles. The number of aromatic nitrogens is 1. The second-order valence-corrected chi connectivity index (χ2v) is 6.95. The minimum Gasteiger partial charge on any atom is -0.482 e. The summed E-state index contributed by atoms with van der Waals surface area (Å²) in [7, 11) is 0. The van der Waals surface area contributed by atoms with Gasteiger partial charge in [0, 0.05) is 6.54 Å². The Balaban J connectivity index is 1.51. The van der Waals surface area contributed by atoms with Crippen LogP contribution in [0.1, 0.15) is 28.7 Å². The third kappa shape index (κ3) is 3.05. The number of ether oxygens (including phenoxy) is 2. The summed E-state index contributed by atoms with van der Waals surface area (Å²) >= 11 is 1.18. The lowest BCUT2D eigenvalue weighted by Crippen LogP contribution is -2.46. The molecule has 1 aromatic carbocycles. The predicted octanol–water partition coefficient (Wildman–Crippen LogP) is 1.99. The first-order valence-corrected chi connectivity index (χ1v) is 8.94. The van der Waals surface area contributed by atoms with E-state index >= 15 is 0 Å². The molecule has 2 aliphatic heterocycles. The zero-order valence-corrected chi connectivity index (χ0v) is 14.4. The van der Waals surface area contributed by atoms with Crippen LogP contribution in [0.2, 0.25) is 0 Å². The number of nitrogens with zero attached hydrogens (tertiary/aromatic N) is 1. The predicted molar refractivity (Wildman–Crippen MR) is 92.3 cm³/mol. The number of rotatable bonds is 2. The van der Waals surface area contributed by atoms with Crippen molar-refractivity contribution in [3.63, 3.8) is 0 Å². The smallest absolute Gasteiger partial charge is 0.271 e. The monoisotopic (exact) mass is 359 g/mol. The van der Waals surface area contributed by atoms with Crippen LogP contribution in [-0.4, -0.2) is 35.6 Å². The number of amides is 2. The van der Waals surface area contributed by atoms with Crippen LogP contribution < -0.4 is 20.1 Å². The molecule has 0 radical (unpaired) electrons. The Morgan fingerprint density at radius 2 is 2.08 bits per heavy atom. The van der Waals surface area contributed by atoms with E-state index in [0.29, 0.717) is 34.5 Å². The summed E-state index contributed by atoms with van der Waals surface area (Å²) < 4.78 is 11.5. The number of benzene rings is 1. The third-order valence-electron chi connectivity index (χ3n) is 4.11. The minimum absolute atomic E-state index is 0.134.